The van der Waals surface area contributed by atoms with Crippen LogP contribution in [-0.4, -0.2) is 60.5 Å². The molecule has 3 heterocycles. The first kappa shape index (κ1) is 24.8. The van der Waals surface area contributed by atoms with Gasteiger partial charge in [0.05, 0.1) is 19.2 Å². The Bertz CT molecular complexity index is 1350. The van der Waals surface area contributed by atoms with Crippen molar-refractivity contribution in [3.63, 3.8) is 0 Å². The molecule has 0 bridgehead atoms. The molecule has 2 amide bonds. The van der Waals surface area contributed by atoms with Crippen LogP contribution in [0.2, 0.25) is 0 Å². The molecule has 0 N–H and O–H groups in total. The van der Waals surface area contributed by atoms with Crippen LogP contribution in [0.4, 0.5) is 0 Å². The number of nitrogens with zero attached hydrogens (tertiary/aromatic N) is 3. The Labute approximate surface area is 221 Å². The number of hydrogen-bond donors (Lipinski definition) is 0. The minimum atomic E-state index is -0.142. The van der Waals surface area contributed by atoms with E-state index >= 15 is 0 Å². The molecule has 0 atom stereocenters. The average Bonchev–Trinajstić information content (AvgIpc) is 3.45. The number of fused-ring (bicyclic) bond motifs is 1. The fourth-order valence-electron chi connectivity index (χ4n) is 4.85. The van der Waals surface area contributed by atoms with Crippen LogP contribution >= 0.6 is 11.3 Å². The summed E-state index contributed by atoms with van der Waals surface area (Å²) in [6, 6.07) is 13.5. The van der Waals surface area contributed by atoms with E-state index < -0.39 is 0 Å². The molecule has 1 saturated heterocycles. The standard InChI is InChI=1S/C29H29N3O4S/c1-35-25-16-22-12-15-32(18-23(22)17-26(25)36-2)29(34)24-19-37-28(30-24)21-10-13-31(14-11-21)27(33)9-8-20-6-4-3-5-7-20/h3-7,16-17,19,21H,10-15,18H2,1-2H3. The molecule has 0 saturated carbocycles. The Balaban J connectivity index is 1.19. The van der Waals surface area contributed by atoms with Gasteiger partial charge in [0.2, 0.25) is 0 Å². The normalized spacial score (nSPS) is 15.4. The predicted octanol–water partition coefficient (Wildman–Crippen LogP) is 4.12. The molecule has 0 unspecified atom stereocenters. The Morgan fingerprint density at radius 3 is 2.38 bits per heavy atom. The number of piperidine rings is 1. The first-order chi connectivity index (χ1) is 18.1. The van der Waals surface area contributed by atoms with Gasteiger partial charge in [0.25, 0.3) is 11.8 Å². The van der Waals surface area contributed by atoms with E-state index in [1.54, 1.807) is 19.1 Å². The summed E-state index contributed by atoms with van der Waals surface area (Å²) in [5.74, 6) is 7.14. The Morgan fingerprint density at radius 1 is 0.973 bits per heavy atom. The van der Waals surface area contributed by atoms with E-state index in [1.165, 1.54) is 16.9 Å². The molecule has 2 aliphatic heterocycles. The van der Waals surface area contributed by atoms with Crippen LogP contribution in [0.1, 0.15) is 50.9 Å². The Morgan fingerprint density at radius 2 is 1.68 bits per heavy atom. The van der Waals surface area contributed by atoms with Gasteiger partial charge in [-0.1, -0.05) is 24.1 Å². The number of likely N-dealkylation sites (tertiary alicyclic amines) is 1. The number of carbonyl (C=O) groups is 2. The maximum Gasteiger partial charge on any atom is 0.298 e. The summed E-state index contributed by atoms with van der Waals surface area (Å²) in [5, 5.41) is 2.83. The van der Waals surface area contributed by atoms with Gasteiger partial charge in [-0.2, -0.15) is 0 Å². The second-order valence-electron chi connectivity index (χ2n) is 9.21. The summed E-state index contributed by atoms with van der Waals surface area (Å²) in [5.41, 5.74) is 3.58. The Kier molecular flexibility index (Phi) is 7.42. The zero-order chi connectivity index (χ0) is 25.8. The van der Waals surface area contributed by atoms with Crippen molar-refractivity contribution < 1.29 is 19.1 Å². The first-order valence-electron chi connectivity index (χ1n) is 12.4. The topological polar surface area (TPSA) is 72.0 Å². The number of aromatic nitrogens is 1. The van der Waals surface area contributed by atoms with Crippen LogP contribution in [0.3, 0.4) is 0 Å². The van der Waals surface area contributed by atoms with E-state index in [0.717, 1.165) is 35.4 Å². The van der Waals surface area contributed by atoms with E-state index in [2.05, 4.69) is 11.8 Å². The molecule has 3 aromatic rings. The zero-order valence-electron chi connectivity index (χ0n) is 21.0. The maximum atomic E-state index is 13.3. The largest absolute Gasteiger partial charge is 0.493 e. The highest BCUT2D eigenvalue weighted by molar-refractivity contribution is 7.09. The minimum Gasteiger partial charge on any atom is -0.493 e. The summed E-state index contributed by atoms with van der Waals surface area (Å²) >= 11 is 1.54. The number of ether oxygens (including phenoxy) is 2. The zero-order valence-corrected chi connectivity index (χ0v) is 21.8. The highest BCUT2D eigenvalue weighted by atomic mass is 32.1. The van der Waals surface area contributed by atoms with Gasteiger partial charge in [-0.25, -0.2) is 4.98 Å². The maximum absolute atomic E-state index is 13.3. The number of amides is 2. The summed E-state index contributed by atoms with van der Waals surface area (Å²) in [6.07, 6.45) is 2.40. The Hall–Kier alpha value is -3.83. The smallest absolute Gasteiger partial charge is 0.298 e. The third kappa shape index (κ3) is 5.47. The number of methoxy groups -OCH3 is 2. The number of rotatable bonds is 4. The van der Waals surface area contributed by atoms with Gasteiger partial charge in [0.1, 0.15) is 5.69 Å². The summed E-state index contributed by atoms with van der Waals surface area (Å²) in [7, 11) is 3.25. The summed E-state index contributed by atoms with van der Waals surface area (Å²) < 4.78 is 10.9. The molecule has 5 rings (SSSR count). The van der Waals surface area contributed by atoms with Crippen LogP contribution in [0.5, 0.6) is 11.5 Å². The number of carbonyl (C=O) groups excluding carboxylic acids is 2. The molecule has 2 aliphatic rings. The van der Waals surface area contributed by atoms with Crippen molar-refractivity contribution in [3.8, 4) is 23.3 Å². The molecule has 190 valence electrons. The van der Waals surface area contributed by atoms with E-state index in [4.69, 9.17) is 14.5 Å². The number of benzene rings is 2. The van der Waals surface area contributed by atoms with E-state index in [-0.39, 0.29) is 17.7 Å². The van der Waals surface area contributed by atoms with Crippen LogP contribution < -0.4 is 9.47 Å². The molecule has 37 heavy (non-hydrogen) atoms. The van der Waals surface area contributed by atoms with Gasteiger partial charge in [-0.05, 0) is 54.7 Å². The second-order valence-corrected chi connectivity index (χ2v) is 10.1. The molecule has 0 spiro atoms. The number of hydrogen-bond acceptors (Lipinski definition) is 6. The van der Waals surface area contributed by atoms with Crippen molar-refractivity contribution >= 4 is 23.2 Å². The van der Waals surface area contributed by atoms with Gasteiger partial charge in [-0.3, -0.25) is 9.59 Å². The lowest BCUT2D eigenvalue weighted by Gasteiger charge is -2.30. The van der Waals surface area contributed by atoms with Gasteiger partial charge < -0.3 is 19.3 Å². The van der Waals surface area contributed by atoms with Crippen LogP contribution in [-0.2, 0) is 17.8 Å². The lowest BCUT2D eigenvalue weighted by Crippen LogP contribution is -2.37. The van der Waals surface area contributed by atoms with Gasteiger partial charge >= 0.3 is 0 Å². The molecule has 8 heteroatoms. The molecular weight excluding hydrogens is 486 g/mol. The highest BCUT2D eigenvalue weighted by Crippen LogP contribution is 2.34. The SMILES string of the molecule is COc1cc2c(cc1OC)CN(C(=O)c1csc(C3CCN(C(=O)C#Cc4ccccc4)CC3)n1)CC2. The fourth-order valence-corrected chi connectivity index (χ4v) is 5.81. The lowest BCUT2D eigenvalue weighted by molar-refractivity contribution is -0.126. The van der Waals surface area contributed by atoms with Crippen LogP contribution in [0.15, 0.2) is 47.8 Å². The molecule has 0 radical (unpaired) electrons. The van der Waals surface area contributed by atoms with Crippen molar-refractivity contribution in [2.45, 2.75) is 31.7 Å². The molecule has 2 aromatic carbocycles. The van der Waals surface area contributed by atoms with Crippen molar-refractivity contribution in [1.29, 1.82) is 0 Å². The summed E-state index contributed by atoms with van der Waals surface area (Å²) in [6.45, 7) is 2.44. The monoisotopic (exact) mass is 515 g/mol. The molecule has 7 nitrogen and oxygen atoms in total. The quantitative estimate of drug-likeness (QED) is 0.489. The van der Waals surface area contributed by atoms with Gasteiger partial charge in [0, 0.05) is 49.0 Å². The molecule has 1 fully saturated rings. The average molecular weight is 516 g/mol. The molecular formula is C29H29N3O4S. The summed E-state index contributed by atoms with van der Waals surface area (Å²) in [4.78, 5) is 34.2. The fraction of sp³-hybridized carbons (Fsp3) is 0.345. The molecule has 1 aromatic heterocycles. The lowest BCUT2D eigenvalue weighted by atomic mass is 9.97. The van der Waals surface area contributed by atoms with Crippen molar-refractivity contribution in [2.24, 2.45) is 0 Å². The predicted molar refractivity (Wildman–Crippen MR) is 142 cm³/mol. The van der Waals surface area contributed by atoms with Gasteiger partial charge in [0.15, 0.2) is 11.5 Å². The van der Waals surface area contributed by atoms with E-state index in [9.17, 15) is 9.59 Å². The van der Waals surface area contributed by atoms with Crippen LogP contribution in [0.25, 0.3) is 0 Å². The van der Waals surface area contributed by atoms with Gasteiger partial charge in [-0.15, -0.1) is 11.3 Å². The van der Waals surface area contributed by atoms with Crippen molar-refractivity contribution in [1.82, 2.24) is 14.8 Å². The third-order valence-corrected chi connectivity index (χ3v) is 7.97. The molecule has 0 aliphatic carbocycles. The van der Waals surface area contributed by atoms with Crippen molar-refractivity contribution in [3.05, 3.63) is 75.2 Å². The minimum absolute atomic E-state index is 0.0493. The number of thiazole rings is 1. The third-order valence-electron chi connectivity index (χ3n) is 6.97. The van der Waals surface area contributed by atoms with E-state index in [1.807, 2.05) is 52.7 Å². The van der Waals surface area contributed by atoms with Crippen LogP contribution in [0, 0.1) is 11.8 Å². The second kappa shape index (κ2) is 11.1. The highest BCUT2D eigenvalue weighted by Gasteiger charge is 2.28. The van der Waals surface area contributed by atoms with Crippen molar-refractivity contribution in [2.75, 3.05) is 33.9 Å². The van der Waals surface area contributed by atoms with E-state index in [0.29, 0.717) is 43.4 Å². The first-order valence-corrected chi connectivity index (χ1v) is 13.3.